The molecule has 2 N–H and O–H groups in total. The lowest BCUT2D eigenvalue weighted by Gasteiger charge is -2.22. The lowest BCUT2D eigenvalue weighted by molar-refractivity contribution is 0.362. The van der Waals surface area contributed by atoms with Crippen molar-refractivity contribution in [2.24, 2.45) is 0 Å². The van der Waals surface area contributed by atoms with Crippen LogP contribution in [0.5, 0.6) is 0 Å². The number of hydrogen-bond acceptors (Lipinski definition) is 3. The second-order valence-corrected chi connectivity index (χ2v) is 5.10. The first-order valence-corrected chi connectivity index (χ1v) is 6.19. The summed E-state index contributed by atoms with van der Waals surface area (Å²) < 4.78 is 21.4. The average Bonchev–Trinajstić information content (AvgIpc) is 2.02. The van der Waals surface area contributed by atoms with Crippen LogP contribution in [0.1, 0.15) is 32.1 Å². The van der Waals surface area contributed by atoms with E-state index >= 15 is 0 Å². The van der Waals surface area contributed by atoms with Crippen molar-refractivity contribution in [2.45, 2.75) is 38.1 Å². The van der Waals surface area contributed by atoms with Crippen molar-refractivity contribution in [1.82, 2.24) is 10.3 Å². The molecule has 1 aliphatic carbocycles. The number of sulfonamides is 1. The molecular weight excluding hydrogens is 176 g/mol. The number of nitrogens with one attached hydrogen (secondary N) is 2. The standard InChI is InChI=1S/C7H16N2O2S/c1-12(10,11)9-8-7-5-3-2-4-6-7/h7-9H,2-6H2,1H3. The summed E-state index contributed by atoms with van der Waals surface area (Å²) in [4.78, 5) is 2.31. The number of rotatable bonds is 3. The van der Waals surface area contributed by atoms with E-state index in [2.05, 4.69) is 10.3 Å². The van der Waals surface area contributed by atoms with Crippen LogP contribution >= 0.6 is 0 Å². The molecule has 12 heavy (non-hydrogen) atoms. The third-order valence-electron chi connectivity index (χ3n) is 2.05. The highest BCUT2D eigenvalue weighted by Crippen LogP contribution is 2.16. The van der Waals surface area contributed by atoms with E-state index in [9.17, 15) is 8.42 Å². The maximum atomic E-state index is 10.7. The Balaban J connectivity index is 2.22. The van der Waals surface area contributed by atoms with Crippen LogP contribution in [-0.2, 0) is 10.0 Å². The molecule has 1 aliphatic rings. The highest BCUT2D eigenvalue weighted by molar-refractivity contribution is 7.88. The van der Waals surface area contributed by atoms with Crippen LogP contribution in [0.25, 0.3) is 0 Å². The molecule has 1 saturated carbocycles. The summed E-state index contributed by atoms with van der Waals surface area (Å²) in [6, 6.07) is 0.327. The van der Waals surface area contributed by atoms with Crippen LogP contribution in [0.4, 0.5) is 0 Å². The number of hydrazine groups is 1. The van der Waals surface area contributed by atoms with Crippen LogP contribution in [0.15, 0.2) is 0 Å². The normalized spacial score (nSPS) is 21.1. The molecule has 5 heteroatoms. The van der Waals surface area contributed by atoms with Crippen molar-refractivity contribution >= 4 is 10.0 Å². The second kappa shape index (κ2) is 4.20. The van der Waals surface area contributed by atoms with Crippen molar-refractivity contribution in [3.8, 4) is 0 Å². The summed E-state index contributed by atoms with van der Waals surface area (Å²) >= 11 is 0. The van der Waals surface area contributed by atoms with Crippen LogP contribution in [-0.4, -0.2) is 20.7 Å². The quantitative estimate of drug-likeness (QED) is 0.635. The van der Waals surface area contributed by atoms with Crippen molar-refractivity contribution in [3.05, 3.63) is 0 Å². The Labute approximate surface area is 73.8 Å². The smallest absolute Gasteiger partial charge is 0.221 e. The second-order valence-electron chi connectivity index (χ2n) is 3.35. The number of hydrogen-bond donors (Lipinski definition) is 2. The third-order valence-corrected chi connectivity index (χ3v) is 2.54. The van der Waals surface area contributed by atoms with Gasteiger partial charge in [0, 0.05) is 6.04 Å². The van der Waals surface area contributed by atoms with Gasteiger partial charge in [-0.05, 0) is 12.8 Å². The van der Waals surface area contributed by atoms with Gasteiger partial charge in [0.1, 0.15) is 0 Å². The van der Waals surface area contributed by atoms with Gasteiger partial charge in [0.15, 0.2) is 0 Å². The Morgan fingerprint density at radius 1 is 1.17 bits per heavy atom. The fourth-order valence-corrected chi connectivity index (χ4v) is 1.82. The van der Waals surface area contributed by atoms with Gasteiger partial charge in [-0.15, -0.1) is 0 Å². The first-order chi connectivity index (χ1) is 5.58. The lowest BCUT2D eigenvalue weighted by atomic mass is 9.96. The van der Waals surface area contributed by atoms with Crippen molar-refractivity contribution in [1.29, 1.82) is 0 Å². The van der Waals surface area contributed by atoms with E-state index in [4.69, 9.17) is 0 Å². The SMILES string of the molecule is CS(=O)(=O)NNC1CCCCC1. The Morgan fingerprint density at radius 2 is 1.75 bits per heavy atom. The molecule has 0 saturated heterocycles. The van der Waals surface area contributed by atoms with Gasteiger partial charge in [0.05, 0.1) is 6.26 Å². The molecule has 72 valence electrons. The molecule has 0 aliphatic heterocycles. The van der Waals surface area contributed by atoms with Crippen LogP contribution < -0.4 is 10.3 Å². The van der Waals surface area contributed by atoms with Gasteiger partial charge in [0.2, 0.25) is 10.0 Å². The molecule has 4 nitrogen and oxygen atoms in total. The fraction of sp³-hybridized carbons (Fsp3) is 1.00. The monoisotopic (exact) mass is 192 g/mol. The summed E-state index contributed by atoms with van der Waals surface area (Å²) in [5.41, 5.74) is 2.82. The minimum atomic E-state index is -3.08. The molecule has 0 atom stereocenters. The van der Waals surface area contributed by atoms with Gasteiger partial charge in [-0.25, -0.2) is 13.8 Å². The summed E-state index contributed by atoms with van der Waals surface area (Å²) in [7, 11) is -3.08. The maximum Gasteiger partial charge on any atom is 0.221 e. The van der Waals surface area contributed by atoms with Crippen LogP contribution in [0.2, 0.25) is 0 Å². The van der Waals surface area contributed by atoms with E-state index < -0.39 is 10.0 Å². The largest absolute Gasteiger partial charge is 0.241 e. The minimum Gasteiger partial charge on any atom is -0.241 e. The van der Waals surface area contributed by atoms with Gasteiger partial charge in [-0.2, -0.15) is 4.83 Å². The van der Waals surface area contributed by atoms with Crippen LogP contribution in [0, 0.1) is 0 Å². The van der Waals surface area contributed by atoms with E-state index in [0.29, 0.717) is 6.04 Å². The van der Waals surface area contributed by atoms with E-state index in [1.807, 2.05) is 0 Å². The fourth-order valence-electron chi connectivity index (χ4n) is 1.44. The topological polar surface area (TPSA) is 58.2 Å². The molecule has 0 amide bonds. The summed E-state index contributed by atoms with van der Waals surface area (Å²) in [6.45, 7) is 0. The molecule has 1 fully saturated rings. The van der Waals surface area contributed by atoms with Gasteiger partial charge >= 0.3 is 0 Å². The molecule has 0 heterocycles. The Kier molecular flexibility index (Phi) is 3.49. The minimum absolute atomic E-state index is 0.327. The molecule has 0 spiro atoms. The van der Waals surface area contributed by atoms with Gasteiger partial charge in [0.25, 0.3) is 0 Å². The predicted octanol–water partition coefficient (Wildman–Crippen LogP) is 0.373. The molecule has 0 unspecified atom stereocenters. The summed E-state index contributed by atoms with van der Waals surface area (Å²) in [5.74, 6) is 0. The van der Waals surface area contributed by atoms with Crippen molar-refractivity contribution < 1.29 is 8.42 Å². The molecule has 0 aromatic carbocycles. The van der Waals surface area contributed by atoms with Crippen LogP contribution in [0.3, 0.4) is 0 Å². The first-order valence-electron chi connectivity index (χ1n) is 4.30. The average molecular weight is 192 g/mol. The molecule has 0 aromatic rings. The summed E-state index contributed by atoms with van der Waals surface area (Å²) in [5, 5.41) is 0. The van der Waals surface area contributed by atoms with E-state index in [0.717, 1.165) is 19.1 Å². The lowest BCUT2D eigenvalue weighted by Crippen LogP contribution is -2.44. The summed E-state index contributed by atoms with van der Waals surface area (Å²) in [6.07, 6.45) is 6.97. The zero-order valence-electron chi connectivity index (χ0n) is 7.34. The first kappa shape index (κ1) is 9.95. The molecular formula is C7H16N2O2S. The molecule has 0 aromatic heterocycles. The predicted molar refractivity (Wildman–Crippen MR) is 48.0 cm³/mol. The zero-order valence-corrected chi connectivity index (χ0v) is 8.15. The molecule has 1 rings (SSSR count). The maximum absolute atomic E-state index is 10.7. The van der Waals surface area contributed by atoms with Gasteiger partial charge < -0.3 is 0 Å². The van der Waals surface area contributed by atoms with Crippen molar-refractivity contribution in [3.63, 3.8) is 0 Å². The Morgan fingerprint density at radius 3 is 2.25 bits per heavy atom. The van der Waals surface area contributed by atoms with E-state index in [1.54, 1.807) is 0 Å². The van der Waals surface area contributed by atoms with Gasteiger partial charge in [-0.3, -0.25) is 0 Å². The zero-order chi connectivity index (χ0) is 9.03. The molecule has 0 bridgehead atoms. The van der Waals surface area contributed by atoms with E-state index in [1.165, 1.54) is 19.3 Å². The Bertz CT molecular complexity index is 220. The van der Waals surface area contributed by atoms with Gasteiger partial charge in [-0.1, -0.05) is 19.3 Å². The highest BCUT2D eigenvalue weighted by Gasteiger charge is 2.13. The Hall–Kier alpha value is -0.130. The van der Waals surface area contributed by atoms with Crippen molar-refractivity contribution in [2.75, 3.05) is 6.26 Å². The third kappa shape index (κ3) is 4.04. The molecule has 0 radical (unpaired) electrons. The van der Waals surface area contributed by atoms with E-state index in [-0.39, 0.29) is 0 Å². The highest BCUT2D eigenvalue weighted by atomic mass is 32.2.